The maximum absolute atomic E-state index is 12.8. The van der Waals surface area contributed by atoms with Gasteiger partial charge in [0.15, 0.2) is 0 Å². The Kier molecular flexibility index (Phi) is 8.42. The van der Waals surface area contributed by atoms with Crippen molar-refractivity contribution in [2.24, 2.45) is 0 Å². The minimum atomic E-state index is -0.551. The smallest absolute Gasteiger partial charge is 0.338 e. The van der Waals surface area contributed by atoms with Gasteiger partial charge in [0.05, 0.1) is 12.2 Å². The van der Waals surface area contributed by atoms with Crippen molar-refractivity contribution in [2.45, 2.75) is 13.3 Å². The maximum atomic E-state index is 12.8. The highest BCUT2D eigenvalue weighted by atomic mass is 79.9. The average molecular weight is 524 g/mol. The van der Waals surface area contributed by atoms with Crippen LogP contribution in [-0.4, -0.2) is 18.5 Å². The Balaban J connectivity index is 1.83. The summed E-state index contributed by atoms with van der Waals surface area (Å²) in [5, 5.41) is 13.0. The van der Waals surface area contributed by atoms with Crippen molar-refractivity contribution in [3.8, 4) is 6.07 Å². The topological polar surface area (TPSA) is 79.2 Å². The van der Waals surface area contributed by atoms with E-state index in [4.69, 9.17) is 16.3 Å². The summed E-state index contributed by atoms with van der Waals surface area (Å²) < 4.78 is 5.77. The lowest BCUT2D eigenvalue weighted by Gasteiger charge is -2.10. The number of hydrogen-bond donors (Lipinski definition) is 1. The van der Waals surface area contributed by atoms with Gasteiger partial charge in [-0.3, -0.25) is 4.79 Å². The molecule has 0 saturated heterocycles. The average Bonchev–Trinajstić information content (AvgIpc) is 2.81. The number of esters is 1. The Morgan fingerprint density at radius 3 is 2.48 bits per heavy atom. The highest BCUT2D eigenvalue weighted by Gasteiger charge is 2.13. The molecule has 0 aromatic heterocycles. The van der Waals surface area contributed by atoms with Crippen molar-refractivity contribution in [2.75, 3.05) is 11.9 Å². The molecule has 0 saturated carbocycles. The number of nitrogens with zero attached hydrogens (tertiary/aromatic N) is 1. The van der Waals surface area contributed by atoms with E-state index in [2.05, 4.69) is 21.2 Å². The maximum Gasteiger partial charge on any atom is 0.338 e. The summed E-state index contributed by atoms with van der Waals surface area (Å²) in [6.07, 6.45) is 2.10. The zero-order valence-electron chi connectivity index (χ0n) is 17.8. The molecule has 0 aliphatic rings. The van der Waals surface area contributed by atoms with Crippen LogP contribution in [0.4, 0.5) is 5.69 Å². The summed E-state index contributed by atoms with van der Waals surface area (Å²) >= 11 is 9.76. The first kappa shape index (κ1) is 24.2. The molecule has 3 aromatic rings. The van der Waals surface area contributed by atoms with Gasteiger partial charge in [-0.2, -0.15) is 5.26 Å². The predicted molar refractivity (Wildman–Crippen MR) is 133 cm³/mol. The van der Waals surface area contributed by atoms with Crippen LogP contribution >= 0.6 is 27.5 Å². The number of nitriles is 1. The fourth-order valence-corrected chi connectivity index (χ4v) is 3.70. The number of carbonyl (C=O) groups excluding carboxylic acids is 2. The molecule has 3 rings (SSSR count). The second kappa shape index (κ2) is 11.5. The molecule has 33 heavy (non-hydrogen) atoms. The Morgan fingerprint density at radius 2 is 1.82 bits per heavy atom. The molecule has 5 nitrogen and oxygen atoms in total. The molecule has 0 unspecified atom stereocenters. The molecule has 0 bridgehead atoms. The highest BCUT2D eigenvalue weighted by molar-refractivity contribution is 9.10. The standard InChI is InChI=1S/C26H20BrClN2O3/c1-2-33-26(32)17-8-11-23(12-9-17)30-25(31)21(16-29)14-20-15-22(27)10-7-18(20)13-19-5-3-4-6-24(19)28/h3-12,14-15H,2,13H2,1H3,(H,30,31)/b21-14+. The molecular formula is C26H20BrClN2O3. The molecule has 166 valence electrons. The van der Waals surface area contributed by atoms with Crippen molar-refractivity contribution < 1.29 is 14.3 Å². The SMILES string of the molecule is CCOC(=O)c1ccc(NC(=O)/C(C#N)=C/c2cc(Br)ccc2Cc2ccccc2Cl)cc1. The monoisotopic (exact) mass is 522 g/mol. The van der Waals surface area contributed by atoms with Gasteiger partial charge in [0.2, 0.25) is 0 Å². The fraction of sp³-hybridized carbons (Fsp3) is 0.115. The quantitative estimate of drug-likeness (QED) is 0.220. The van der Waals surface area contributed by atoms with E-state index in [9.17, 15) is 14.9 Å². The van der Waals surface area contributed by atoms with Crippen LogP contribution < -0.4 is 5.32 Å². The number of rotatable bonds is 7. The molecule has 7 heteroatoms. The van der Waals surface area contributed by atoms with E-state index in [1.807, 2.05) is 48.5 Å². The van der Waals surface area contributed by atoms with Gasteiger partial charge in [0.25, 0.3) is 5.91 Å². The molecule has 0 aliphatic heterocycles. The summed E-state index contributed by atoms with van der Waals surface area (Å²) in [5.41, 5.74) is 3.38. The highest BCUT2D eigenvalue weighted by Crippen LogP contribution is 2.25. The Hall–Kier alpha value is -3.40. The van der Waals surface area contributed by atoms with Gasteiger partial charge in [0, 0.05) is 15.2 Å². The second-order valence-electron chi connectivity index (χ2n) is 7.03. The van der Waals surface area contributed by atoms with E-state index >= 15 is 0 Å². The van der Waals surface area contributed by atoms with Gasteiger partial charge in [-0.1, -0.05) is 51.8 Å². The van der Waals surface area contributed by atoms with E-state index in [1.54, 1.807) is 37.3 Å². The van der Waals surface area contributed by atoms with Crippen LogP contribution in [0.2, 0.25) is 5.02 Å². The van der Waals surface area contributed by atoms with Crippen LogP contribution in [0, 0.1) is 11.3 Å². The third kappa shape index (κ3) is 6.55. The van der Waals surface area contributed by atoms with Crippen LogP contribution in [0.25, 0.3) is 6.08 Å². The first-order chi connectivity index (χ1) is 15.9. The van der Waals surface area contributed by atoms with Crippen molar-refractivity contribution in [1.29, 1.82) is 5.26 Å². The Labute approximate surface area is 205 Å². The molecule has 0 aliphatic carbocycles. The minimum Gasteiger partial charge on any atom is -0.462 e. The van der Waals surface area contributed by atoms with Crippen molar-refractivity contribution in [1.82, 2.24) is 0 Å². The van der Waals surface area contributed by atoms with Crippen LogP contribution in [0.5, 0.6) is 0 Å². The normalized spacial score (nSPS) is 10.9. The zero-order valence-corrected chi connectivity index (χ0v) is 20.1. The molecule has 3 aromatic carbocycles. The van der Waals surface area contributed by atoms with E-state index in [0.29, 0.717) is 22.7 Å². The van der Waals surface area contributed by atoms with Gasteiger partial charge in [-0.25, -0.2) is 4.79 Å². The number of amides is 1. The summed E-state index contributed by atoms with van der Waals surface area (Å²) in [5.74, 6) is -0.987. The van der Waals surface area contributed by atoms with Gasteiger partial charge >= 0.3 is 5.97 Å². The summed E-state index contributed by atoms with van der Waals surface area (Å²) in [6.45, 7) is 2.01. The molecule has 0 spiro atoms. The summed E-state index contributed by atoms with van der Waals surface area (Å²) in [7, 11) is 0. The number of ether oxygens (including phenoxy) is 1. The first-order valence-corrected chi connectivity index (χ1v) is 11.3. The molecule has 1 amide bonds. The zero-order chi connectivity index (χ0) is 23.8. The van der Waals surface area contributed by atoms with Gasteiger partial charge in [0.1, 0.15) is 11.6 Å². The molecular weight excluding hydrogens is 504 g/mol. The van der Waals surface area contributed by atoms with Gasteiger partial charge < -0.3 is 10.1 Å². The van der Waals surface area contributed by atoms with Crippen molar-refractivity contribution in [3.05, 3.63) is 104 Å². The van der Waals surface area contributed by atoms with Crippen LogP contribution in [0.1, 0.15) is 34.0 Å². The molecule has 0 fully saturated rings. The number of benzene rings is 3. The minimum absolute atomic E-state index is 0.0528. The van der Waals surface area contributed by atoms with E-state index in [-0.39, 0.29) is 12.2 Å². The Bertz CT molecular complexity index is 1250. The third-order valence-electron chi connectivity index (χ3n) is 4.77. The molecule has 0 heterocycles. The van der Waals surface area contributed by atoms with Crippen molar-refractivity contribution in [3.63, 3.8) is 0 Å². The number of carbonyl (C=O) groups is 2. The lowest BCUT2D eigenvalue weighted by atomic mass is 9.98. The predicted octanol–water partition coefficient (Wildman–Crippen LogP) is 6.42. The van der Waals surface area contributed by atoms with Crippen molar-refractivity contribution >= 4 is 51.2 Å². The molecule has 0 radical (unpaired) electrons. The van der Waals surface area contributed by atoms with E-state index in [1.165, 1.54) is 0 Å². The largest absolute Gasteiger partial charge is 0.462 e. The third-order valence-corrected chi connectivity index (χ3v) is 5.63. The molecule has 1 N–H and O–H groups in total. The number of anilines is 1. The summed E-state index contributed by atoms with van der Waals surface area (Å²) in [6, 6.07) is 21.5. The lowest BCUT2D eigenvalue weighted by Crippen LogP contribution is -2.14. The van der Waals surface area contributed by atoms with E-state index in [0.717, 1.165) is 21.2 Å². The number of halogens is 2. The van der Waals surface area contributed by atoms with Gasteiger partial charge in [-0.15, -0.1) is 0 Å². The lowest BCUT2D eigenvalue weighted by molar-refractivity contribution is -0.112. The molecule has 0 atom stereocenters. The number of nitrogens with one attached hydrogen (secondary N) is 1. The second-order valence-corrected chi connectivity index (χ2v) is 8.36. The fourth-order valence-electron chi connectivity index (χ4n) is 3.11. The van der Waals surface area contributed by atoms with Gasteiger partial charge in [-0.05, 0) is 78.6 Å². The summed E-state index contributed by atoms with van der Waals surface area (Å²) in [4.78, 5) is 24.5. The Morgan fingerprint density at radius 1 is 1.09 bits per heavy atom. The van der Waals surface area contributed by atoms with Crippen LogP contribution in [-0.2, 0) is 16.0 Å². The van der Waals surface area contributed by atoms with Crippen LogP contribution in [0.3, 0.4) is 0 Å². The van der Waals surface area contributed by atoms with Crippen LogP contribution in [0.15, 0.2) is 76.8 Å². The first-order valence-electron chi connectivity index (χ1n) is 10.1. The van der Waals surface area contributed by atoms with E-state index < -0.39 is 11.9 Å². The number of hydrogen-bond acceptors (Lipinski definition) is 4.